The average molecular weight is 314 g/mol. The lowest BCUT2D eigenvalue weighted by atomic mass is 10.1. The molecule has 0 fully saturated rings. The predicted molar refractivity (Wildman–Crippen MR) is 82.3 cm³/mol. The standard InChI is InChI=1S/C14H13Cl2NOS/c15-11-5-3-6-12(16)14(11)19(18)9-8-10-4-1-2-7-13(10)17/h1-7H,8-9,17H2. The molecule has 0 aromatic heterocycles. The minimum atomic E-state index is -1.23. The molecule has 19 heavy (non-hydrogen) atoms. The van der Waals surface area contributed by atoms with E-state index in [2.05, 4.69) is 0 Å². The van der Waals surface area contributed by atoms with Gasteiger partial charge in [-0.3, -0.25) is 4.21 Å². The average Bonchev–Trinajstić information content (AvgIpc) is 2.37. The van der Waals surface area contributed by atoms with Crippen LogP contribution >= 0.6 is 23.2 Å². The number of benzene rings is 2. The van der Waals surface area contributed by atoms with E-state index in [0.29, 0.717) is 32.8 Å². The first-order valence-electron chi connectivity index (χ1n) is 5.75. The van der Waals surface area contributed by atoms with Crippen molar-refractivity contribution in [3.05, 3.63) is 58.1 Å². The molecule has 0 aliphatic rings. The first-order valence-corrected chi connectivity index (χ1v) is 7.83. The second kappa shape index (κ2) is 6.42. The summed E-state index contributed by atoms with van der Waals surface area (Å²) in [7, 11) is -1.23. The van der Waals surface area contributed by atoms with Crippen molar-refractivity contribution >= 4 is 39.7 Å². The van der Waals surface area contributed by atoms with Gasteiger partial charge in [0.15, 0.2) is 0 Å². The Morgan fingerprint density at radius 2 is 1.63 bits per heavy atom. The maximum Gasteiger partial charge on any atom is 0.0760 e. The summed E-state index contributed by atoms with van der Waals surface area (Å²) in [6.45, 7) is 0. The summed E-state index contributed by atoms with van der Waals surface area (Å²) >= 11 is 12.1. The number of hydrogen-bond acceptors (Lipinski definition) is 2. The van der Waals surface area contributed by atoms with Crippen LogP contribution in [0.4, 0.5) is 5.69 Å². The predicted octanol–water partition coefficient (Wildman–Crippen LogP) is 3.93. The summed E-state index contributed by atoms with van der Waals surface area (Å²) < 4.78 is 12.3. The van der Waals surface area contributed by atoms with Gasteiger partial charge in [0.05, 0.1) is 25.7 Å². The van der Waals surface area contributed by atoms with Crippen LogP contribution in [-0.2, 0) is 17.2 Å². The zero-order valence-electron chi connectivity index (χ0n) is 10.1. The zero-order chi connectivity index (χ0) is 13.8. The van der Waals surface area contributed by atoms with Crippen molar-refractivity contribution in [1.29, 1.82) is 0 Å². The van der Waals surface area contributed by atoms with Crippen LogP contribution in [-0.4, -0.2) is 9.96 Å². The lowest BCUT2D eigenvalue weighted by Gasteiger charge is -2.08. The number of nitrogen functional groups attached to an aromatic ring is 1. The second-order valence-electron chi connectivity index (χ2n) is 4.05. The van der Waals surface area contributed by atoms with Crippen molar-refractivity contribution in [2.75, 3.05) is 11.5 Å². The van der Waals surface area contributed by atoms with Gasteiger partial charge in [0.25, 0.3) is 0 Å². The zero-order valence-corrected chi connectivity index (χ0v) is 12.4. The van der Waals surface area contributed by atoms with Gasteiger partial charge < -0.3 is 5.73 Å². The number of anilines is 1. The quantitative estimate of drug-likeness (QED) is 0.869. The Balaban J connectivity index is 2.13. The molecule has 0 saturated heterocycles. The van der Waals surface area contributed by atoms with Crippen molar-refractivity contribution in [3.63, 3.8) is 0 Å². The first-order chi connectivity index (χ1) is 9.09. The van der Waals surface area contributed by atoms with E-state index >= 15 is 0 Å². The maximum atomic E-state index is 12.3. The van der Waals surface area contributed by atoms with Crippen molar-refractivity contribution < 1.29 is 4.21 Å². The summed E-state index contributed by atoms with van der Waals surface area (Å²) in [5, 5.41) is 0.874. The SMILES string of the molecule is Nc1ccccc1CCS(=O)c1c(Cl)cccc1Cl. The highest BCUT2D eigenvalue weighted by atomic mass is 35.5. The van der Waals surface area contributed by atoms with Crippen molar-refractivity contribution in [2.24, 2.45) is 0 Å². The number of nitrogens with two attached hydrogens (primary N) is 1. The summed E-state index contributed by atoms with van der Waals surface area (Å²) in [6, 6.07) is 12.7. The van der Waals surface area contributed by atoms with E-state index in [1.54, 1.807) is 18.2 Å². The summed E-state index contributed by atoms with van der Waals surface area (Å²) in [5.74, 6) is 0.442. The Kier molecular flexibility index (Phi) is 4.86. The first kappa shape index (κ1) is 14.4. The van der Waals surface area contributed by atoms with E-state index in [-0.39, 0.29) is 0 Å². The van der Waals surface area contributed by atoms with Crippen LogP contribution < -0.4 is 5.73 Å². The molecule has 2 rings (SSSR count). The van der Waals surface area contributed by atoms with E-state index in [1.807, 2.05) is 24.3 Å². The summed E-state index contributed by atoms with van der Waals surface area (Å²) in [6.07, 6.45) is 0.626. The monoisotopic (exact) mass is 313 g/mol. The van der Waals surface area contributed by atoms with Gasteiger partial charge in [-0.15, -0.1) is 0 Å². The fourth-order valence-corrected chi connectivity index (χ4v) is 3.86. The Morgan fingerprint density at radius 3 is 2.26 bits per heavy atom. The number of hydrogen-bond donors (Lipinski definition) is 1. The molecule has 0 aliphatic carbocycles. The van der Waals surface area contributed by atoms with E-state index in [4.69, 9.17) is 28.9 Å². The largest absolute Gasteiger partial charge is 0.399 e. The number of rotatable bonds is 4. The van der Waals surface area contributed by atoms with Gasteiger partial charge in [-0.25, -0.2) is 0 Å². The van der Waals surface area contributed by atoms with Gasteiger partial charge in [0.2, 0.25) is 0 Å². The third-order valence-electron chi connectivity index (χ3n) is 2.76. The fourth-order valence-electron chi connectivity index (χ4n) is 1.77. The molecule has 2 N–H and O–H groups in total. The summed E-state index contributed by atoms with van der Waals surface area (Å²) in [5.41, 5.74) is 7.55. The van der Waals surface area contributed by atoms with E-state index in [1.165, 1.54) is 0 Å². The third-order valence-corrected chi connectivity index (χ3v) is 5.08. The van der Waals surface area contributed by atoms with Gasteiger partial charge in [-0.05, 0) is 30.2 Å². The highest BCUT2D eigenvalue weighted by Crippen LogP contribution is 2.28. The van der Waals surface area contributed by atoms with Crippen LogP contribution in [0.2, 0.25) is 10.0 Å². The molecule has 0 spiro atoms. The second-order valence-corrected chi connectivity index (χ2v) is 6.37. The van der Waals surface area contributed by atoms with Crippen molar-refractivity contribution in [3.8, 4) is 0 Å². The van der Waals surface area contributed by atoms with Crippen LogP contribution in [0.15, 0.2) is 47.4 Å². The normalized spacial score (nSPS) is 12.3. The van der Waals surface area contributed by atoms with Gasteiger partial charge in [0.1, 0.15) is 0 Å². The third kappa shape index (κ3) is 3.50. The molecule has 0 radical (unpaired) electrons. The maximum absolute atomic E-state index is 12.3. The molecule has 0 heterocycles. The molecular weight excluding hydrogens is 301 g/mol. The molecule has 100 valence electrons. The lowest BCUT2D eigenvalue weighted by molar-refractivity contribution is 0.682. The summed E-state index contributed by atoms with van der Waals surface area (Å²) in [4.78, 5) is 0.500. The van der Waals surface area contributed by atoms with Gasteiger partial charge in [-0.2, -0.15) is 0 Å². The Bertz CT molecular complexity index is 596. The molecule has 0 amide bonds. The van der Waals surface area contributed by atoms with Crippen LogP contribution in [0.1, 0.15) is 5.56 Å². The van der Waals surface area contributed by atoms with Gasteiger partial charge in [0, 0.05) is 11.4 Å². The molecule has 1 unspecified atom stereocenters. The van der Waals surface area contributed by atoms with E-state index in [0.717, 1.165) is 5.56 Å². The molecule has 2 nitrogen and oxygen atoms in total. The highest BCUT2D eigenvalue weighted by Gasteiger charge is 2.13. The van der Waals surface area contributed by atoms with Crippen molar-refractivity contribution in [2.45, 2.75) is 11.3 Å². The van der Waals surface area contributed by atoms with Crippen LogP contribution in [0.5, 0.6) is 0 Å². The highest BCUT2D eigenvalue weighted by molar-refractivity contribution is 7.85. The Hall–Kier alpha value is -1.03. The van der Waals surface area contributed by atoms with E-state index in [9.17, 15) is 4.21 Å². The molecule has 0 bridgehead atoms. The number of aryl methyl sites for hydroxylation is 1. The molecule has 1 atom stereocenters. The molecular formula is C14H13Cl2NOS. The number of para-hydroxylation sites is 1. The lowest BCUT2D eigenvalue weighted by Crippen LogP contribution is -2.04. The molecule has 2 aromatic carbocycles. The Labute approximate surface area is 125 Å². The smallest absolute Gasteiger partial charge is 0.0760 e. The minimum absolute atomic E-state index is 0.437. The fraction of sp³-hybridized carbons (Fsp3) is 0.143. The Morgan fingerprint density at radius 1 is 1.00 bits per heavy atom. The minimum Gasteiger partial charge on any atom is -0.399 e. The number of halogens is 2. The van der Waals surface area contributed by atoms with Gasteiger partial charge in [-0.1, -0.05) is 47.5 Å². The molecule has 2 aromatic rings. The molecule has 5 heteroatoms. The van der Waals surface area contributed by atoms with Crippen LogP contribution in [0.3, 0.4) is 0 Å². The van der Waals surface area contributed by atoms with Crippen molar-refractivity contribution in [1.82, 2.24) is 0 Å². The molecule has 0 aliphatic heterocycles. The van der Waals surface area contributed by atoms with Crippen LogP contribution in [0.25, 0.3) is 0 Å². The van der Waals surface area contributed by atoms with Gasteiger partial charge >= 0.3 is 0 Å². The molecule has 0 saturated carbocycles. The van der Waals surface area contributed by atoms with E-state index < -0.39 is 10.8 Å². The van der Waals surface area contributed by atoms with Crippen LogP contribution in [0, 0.1) is 0 Å². The topological polar surface area (TPSA) is 43.1 Å².